The number of ether oxygens (including phenoxy) is 3. The Kier molecular flexibility index (Phi) is 5.62. The molecule has 156 valence electrons. The highest BCUT2D eigenvalue weighted by molar-refractivity contribution is 5.47. The lowest BCUT2D eigenvalue weighted by Gasteiger charge is -2.27. The predicted molar refractivity (Wildman–Crippen MR) is 111 cm³/mol. The summed E-state index contributed by atoms with van der Waals surface area (Å²) in [5.74, 6) is -0.511. The molecule has 0 unspecified atom stereocenters. The van der Waals surface area contributed by atoms with E-state index in [1.54, 1.807) is 6.07 Å². The van der Waals surface area contributed by atoms with Crippen LogP contribution in [-0.4, -0.2) is 6.79 Å². The average Bonchev–Trinajstić information content (AvgIpc) is 3.03. The summed E-state index contributed by atoms with van der Waals surface area (Å²) in [4.78, 5) is 0. The topological polar surface area (TPSA) is 27.7 Å². The second kappa shape index (κ2) is 8.34. The molecule has 5 heteroatoms. The Morgan fingerprint density at radius 3 is 2.47 bits per heavy atom. The Morgan fingerprint density at radius 2 is 1.67 bits per heavy atom. The number of para-hydroxylation sites is 1. The van der Waals surface area contributed by atoms with Crippen molar-refractivity contribution in [3.63, 3.8) is 0 Å². The third-order valence-electron chi connectivity index (χ3n) is 5.42. The quantitative estimate of drug-likeness (QED) is 0.429. The van der Waals surface area contributed by atoms with E-state index in [0.717, 1.165) is 36.3 Å². The van der Waals surface area contributed by atoms with Crippen LogP contribution in [0.1, 0.15) is 37.8 Å². The summed E-state index contributed by atoms with van der Waals surface area (Å²) in [5.41, 5.74) is 1.40. The molecule has 0 spiro atoms. The molecule has 3 aromatic rings. The minimum atomic E-state index is -0.989. The Bertz CT molecular complexity index is 1030. The maximum atomic E-state index is 14.3. The number of halogens is 2. The third-order valence-corrected chi connectivity index (χ3v) is 5.42. The molecular formula is C25H24F2O3. The van der Waals surface area contributed by atoms with Crippen LogP contribution in [-0.2, 0) is 11.8 Å². The van der Waals surface area contributed by atoms with E-state index in [-0.39, 0.29) is 18.3 Å². The fourth-order valence-electron chi connectivity index (χ4n) is 3.75. The van der Waals surface area contributed by atoms with Crippen molar-refractivity contribution in [1.82, 2.24) is 0 Å². The van der Waals surface area contributed by atoms with Gasteiger partial charge in [-0.2, -0.15) is 8.78 Å². The summed E-state index contributed by atoms with van der Waals surface area (Å²) in [5, 5.41) is 0. The first-order valence-electron chi connectivity index (χ1n) is 10.0. The second-order valence-electron chi connectivity index (χ2n) is 8.09. The van der Waals surface area contributed by atoms with Gasteiger partial charge in [0.25, 0.3) is 0 Å². The largest absolute Gasteiger partial charge is 0.457 e. The van der Waals surface area contributed by atoms with Gasteiger partial charge in [0.05, 0.1) is 0 Å². The third kappa shape index (κ3) is 4.25. The molecule has 0 aliphatic carbocycles. The monoisotopic (exact) mass is 410 g/mol. The van der Waals surface area contributed by atoms with Gasteiger partial charge in [0.15, 0.2) is 11.5 Å². The average molecular weight is 410 g/mol. The van der Waals surface area contributed by atoms with Crippen molar-refractivity contribution >= 4 is 0 Å². The highest BCUT2D eigenvalue weighted by Gasteiger charge is 2.32. The van der Waals surface area contributed by atoms with Crippen molar-refractivity contribution in [2.24, 2.45) is 0 Å². The first-order chi connectivity index (χ1) is 14.4. The highest BCUT2D eigenvalue weighted by atomic mass is 19.2. The molecule has 0 radical (unpaired) electrons. The summed E-state index contributed by atoms with van der Waals surface area (Å²) in [6, 6.07) is 19.2. The van der Waals surface area contributed by atoms with E-state index in [9.17, 15) is 8.78 Å². The minimum absolute atomic E-state index is 0.0444. The number of aryl methyl sites for hydroxylation is 1. The van der Waals surface area contributed by atoms with Crippen LogP contribution in [0.3, 0.4) is 0 Å². The van der Waals surface area contributed by atoms with Gasteiger partial charge in [-0.1, -0.05) is 44.2 Å². The van der Waals surface area contributed by atoms with Gasteiger partial charge in [-0.05, 0) is 60.6 Å². The highest BCUT2D eigenvalue weighted by Crippen LogP contribution is 2.43. The van der Waals surface area contributed by atoms with Crippen molar-refractivity contribution in [3.05, 3.63) is 83.4 Å². The van der Waals surface area contributed by atoms with E-state index in [1.807, 2.05) is 62.4 Å². The van der Waals surface area contributed by atoms with Gasteiger partial charge in [-0.25, -0.2) is 0 Å². The van der Waals surface area contributed by atoms with Crippen LogP contribution in [0.25, 0.3) is 0 Å². The molecule has 0 saturated heterocycles. The van der Waals surface area contributed by atoms with Crippen molar-refractivity contribution in [2.75, 3.05) is 6.79 Å². The van der Waals surface area contributed by atoms with Crippen molar-refractivity contribution in [3.8, 4) is 23.0 Å². The summed E-state index contributed by atoms with van der Waals surface area (Å²) in [7, 11) is 0. The maximum Gasteiger partial charge on any atom is 0.231 e. The van der Waals surface area contributed by atoms with Gasteiger partial charge < -0.3 is 14.2 Å². The molecule has 0 N–H and O–H groups in total. The van der Waals surface area contributed by atoms with Crippen LogP contribution >= 0.6 is 0 Å². The maximum absolute atomic E-state index is 14.3. The number of benzene rings is 3. The second-order valence-corrected chi connectivity index (χ2v) is 8.09. The number of hydrogen-bond acceptors (Lipinski definition) is 3. The molecule has 0 aromatic heterocycles. The van der Waals surface area contributed by atoms with Crippen LogP contribution in [0.2, 0.25) is 0 Å². The summed E-state index contributed by atoms with van der Waals surface area (Å²) in [6.45, 7) is 3.84. The van der Waals surface area contributed by atoms with Crippen LogP contribution in [0.15, 0.2) is 60.7 Å². The summed E-state index contributed by atoms with van der Waals surface area (Å²) < 4.78 is 44.6. The zero-order valence-electron chi connectivity index (χ0n) is 17.1. The van der Waals surface area contributed by atoms with Crippen LogP contribution in [0.4, 0.5) is 8.78 Å². The first kappa shape index (κ1) is 20.2. The molecule has 3 aromatic carbocycles. The molecule has 2 aliphatic rings. The van der Waals surface area contributed by atoms with E-state index >= 15 is 0 Å². The first-order valence-corrected chi connectivity index (χ1v) is 10.0. The zero-order valence-corrected chi connectivity index (χ0v) is 17.1. The Labute approximate surface area is 175 Å². The van der Waals surface area contributed by atoms with Gasteiger partial charge in [0, 0.05) is 5.56 Å². The van der Waals surface area contributed by atoms with Crippen LogP contribution < -0.4 is 14.2 Å². The lowest BCUT2D eigenvalue weighted by molar-refractivity contribution is 0.122. The number of fused-ring (bicyclic) bond motifs is 4. The molecule has 0 saturated carbocycles. The standard InChI is InChI=1S/C25H24F2O3/c1-25(2,20-15-21-22(26)23(27)24(20)29-16-28-21)13-7-9-17-8-6-12-19(14-17)30-18-10-4-3-5-11-18/h3-6,8,10-12,14-15H,7,9,13,16H2,1-2H3. The van der Waals surface area contributed by atoms with Gasteiger partial charge in [0.2, 0.25) is 18.4 Å². The lowest BCUT2D eigenvalue weighted by atomic mass is 9.79. The van der Waals surface area contributed by atoms with E-state index < -0.39 is 17.0 Å². The molecule has 0 amide bonds. The molecule has 2 heterocycles. The lowest BCUT2D eigenvalue weighted by Crippen LogP contribution is -2.19. The molecule has 3 nitrogen and oxygen atoms in total. The molecule has 0 atom stereocenters. The number of hydrogen-bond donors (Lipinski definition) is 0. The van der Waals surface area contributed by atoms with E-state index in [1.165, 1.54) is 0 Å². The predicted octanol–water partition coefficient (Wildman–Crippen LogP) is 6.79. The van der Waals surface area contributed by atoms with Gasteiger partial charge >= 0.3 is 0 Å². The van der Waals surface area contributed by atoms with E-state index in [4.69, 9.17) is 14.2 Å². The van der Waals surface area contributed by atoms with Crippen LogP contribution in [0.5, 0.6) is 23.0 Å². The molecule has 2 bridgehead atoms. The van der Waals surface area contributed by atoms with Crippen molar-refractivity contribution < 1.29 is 23.0 Å². The molecule has 2 aliphatic heterocycles. The molecule has 30 heavy (non-hydrogen) atoms. The van der Waals surface area contributed by atoms with Crippen molar-refractivity contribution in [1.29, 1.82) is 0 Å². The van der Waals surface area contributed by atoms with E-state index in [0.29, 0.717) is 5.56 Å². The normalized spacial score (nSPS) is 12.8. The Balaban J connectivity index is 1.43. The molecule has 5 rings (SSSR count). The number of rotatable bonds is 7. The fraction of sp³-hybridized carbons (Fsp3) is 0.280. The van der Waals surface area contributed by atoms with Gasteiger partial charge in [-0.15, -0.1) is 0 Å². The summed E-state index contributed by atoms with van der Waals surface area (Å²) >= 11 is 0. The summed E-state index contributed by atoms with van der Waals surface area (Å²) in [6.07, 6.45) is 2.49. The molecule has 0 fully saturated rings. The van der Waals surface area contributed by atoms with Gasteiger partial charge in [-0.3, -0.25) is 0 Å². The Morgan fingerprint density at radius 1 is 0.900 bits per heavy atom. The smallest absolute Gasteiger partial charge is 0.231 e. The fourth-order valence-corrected chi connectivity index (χ4v) is 3.75. The molecular weight excluding hydrogens is 386 g/mol. The SMILES string of the molecule is CC(C)(CCCc1cccc(Oc2ccccc2)c1)c1cc2c(F)c(F)c1OCO2. The zero-order chi connectivity index (χ0) is 21.1. The van der Waals surface area contributed by atoms with Crippen molar-refractivity contribution in [2.45, 2.75) is 38.5 Å². The Hall–Kier alpha value is -3.08. The van der Waals surface area contributed by atoms with Crippen LogP contribution in [0, 0.1) is 11.6 Å². The van der Waals surface area contributed by atoms with Gasteiger partial charge in [0.1, 0.15) is 11.5 Å². The van der Waals surface area contributed by atoms with E-state index in [2.05, 4.69) is 6.07 Å². The minimum Gasteiger partial charge on any atom is -0.457 e.